The highest BCUT2D eigenvalue weighted by Crippen LogP contribution is 2.33. The van der Waals surface area contributed by atoms with Gasteiger partial charge in [0.15, 0.2) is 0 Å². The van der Waals surface area contributed by atoms with E-state index in [0.717, 1.165) is 25.0 Å². The second kappa shape index (κ2) is 4.81. The monoisotopic (exact) mass is 211 g/mol. The zero-order valence-corrected chi connectivity index (χ0v) is 10.2. The van der Waals surface area contributed by atoms with Crippen LogP contribution in [0.5, 0.6) is 0 Å². The zero-order chi connectivity index (χ0) is 10.8. The maximum Gasteiger partial charge on any atom is 0.0240 e. The van der Waals surface area contributed by atoms with Crippen molar-refractivity contribution in [3.05, 3.63) is 0 Å². The molecule has 2 aliphatic rings. The third-order valence-corrected chi connectivity index (χ3v) is 3.85. The first-order valence-electron chi connectivity index (χ1n) is 6.38. The highest BCUT2D eigenvalue weighted by molar-refractivity contribution is 4.94. The van der Waals surface area contributed by atoms with Gasteiger partial charge in [-0.15, -0.1) is 0 Å². The van der Waals surface area contributed by atoms with E-state index >= 15 is 0 Å². The Morgan fingerprint density at radius 2 is 2.00 bits per heavy atom. The quantitative estimate of drug-likeness (QED) is 0.752. The maximum atomic E-state index is 5.74. The number of hydrogen-bond acceptors (Lipinski definition) is 3. The lowest BCUT2D eigenvalue weighted by Gasteiger charge is -2.34. The molecule has 2 atom stereocenters. The van der Waals surface area contributed by atoms with Gasteiger partial charge in [-0.25, -0.2) is 0 Å². The highest BCUT2D eigenvalue weighted by atomic mass is 15.3. The molecule has 3 nitrogen and oxygen atoms in total. The molecule has 2 unspecified atom stereocenters. The van der Waals surface area contributed by atoms with E-state index in [1.165, 1.54) is 32.4 Å². The Kier molecular flexibility index (Phi) is 3.65. The topological polar surface area (TPSA) is 32.5 Å². The number of nitrogens with two attached hydrogens (primary N) is 1. The second-order valence-corrected chi connectivity index (χ2v) is 5.31. The minimum Gasteiger partial charge on any atom is -0.330 e. The molecule has 2 rings (SSSR count). The van der Waals surface area contributed by atoms with Crippen LogP contribution < -0.4 is 5.73 Å². The fourth-order valence-electron chi connectivity index (χ4n) is 2.92. The first-order chi connectivity index (χ1) is 7.22. The Hall–Kier alpha value is -0.120. The first kappa shape index (κ1) is 11.4. The van der Waals surface area contributed by atoms with Gasteiger partial charge in [0, 0.05) is 24.7 Å². The summed E-state index contributed by atoms with van der Waals surface area (Å²) in [6, 6.07) is 2.33. The number of hydrogen-bond donors (Lipinski definition) is 1. The molecule has 0 aromatic rings. The third kappa shape index (κ3) is 2.71. The van der Waals surface area contributed by atoms with Crippen LogP contribution in [0.2, 0.25) is 0 Å². The Morgan fingerprint density at radius 1 is 1.27 bits per heavy atom. The number of nitrogens with zero attached hydrogens (tertiary/aromatic N) is 2. The summed E-state index contributed by atoms with van der Waals surface area (Å²) in [4.78, 5) is 5.23. The van der Waals surface area contributed by atoms with Crippen LogP contribution >= 0.6 is 0 Å². The highest BCUT2D eigenvalue weighted by Gasteiger charge is 2.38. The van der Waals surface area contributed by atoms with Crippen molar-refractivity contribution in [2.75, 3.05) is 26.7 Å². The number of rotatable bonds is 3. The molecular formula is C12H25N3. The fraction of sp³-hybridized carbons (Fsp3) is 1.00. The number of likely N-dealkylation sites (N-methyl/N-ethyl adjacent to an activating group) is 1. The molecule has 1 aliphatic carbocycles. The summed E-state index contributed by atoms with van der Waals surface area (Å²) in [5.74, 6) is 0. The van der Waals surface area contributed by atoms with Crippen LogP contribution in [-0.4, -0.2) is 54.6 Å². The summed E-state index contributed by atoms with van der Waals surface area (Å²) in [5, 5.41) is 0. The average Bonchev–Trinajstić information content (AvgIpc) is 2.98. The van der Waals surface area contributed by atoms with Crippen molar-refractivity contribution in [2.45, 2.75) is 50.7 Å². The van der Waals surface area contributed by atoms with Crippen LogP contribution in [0.4, 0.5) is 0 Å². The van der Waals surface area contributed by atoms with Crippen LogP contribution in [0.15, 0.2) is 0 Å². The molecule has 0 aromatic carbocycles. The molecule has 0 aromatic heterocycles. The van der Waals surface area contributed by atoms with Crippen molar-refractivity contribution in [1.29, 1.82) is 0 Å². The van der Waals surface area contributed by atoms with Gasteiger partial charge >= 0.3 is 0 Å². The van der Waals surface area contributed by atoms with Gasteiger partial charge in [-0.05, 0) is 52.7 Å². The van der Waals surface area contributed by atoms with Gasteiger partial charge < -0.3 is 10.6 Å². The van der Waals surface area contributed by atoms with Gasteiger partial charge in [0.1, 0.15) is 0 Å². The minimum atomic E-state index is 0.699. The van der Waals surface area contributed by atoms with Crippen LogP contribution in [0.25, 0.3) is 0 Å². The molecule has 3 heteroatoms. The summed E-state index contributed by atoms with van der Waals surface area (Å²) in [5.41, 5.74) is 5.74. The van der Waals surface area contributed by atoms with Crippen molar-refractivity contribution in [1.82, 2.24) is 9.80 Å². The van der Waals surface area contributed by atoms with Gasteiger partial charge in [0.25, 0.3) is 0 Å². The molecule has 1 saturated heterocycles. The van der Waals surface area contributed by atoms with E-state index in [4.69, 9.17) is 5.73 Å². The largest absolute Gasteiger partial charge is 0.330 e. The maximum absolute atomic E-state index is 5.74. The second-order valence-electron chi connectivity index (χ2n) is 5.31. The average molecular weight is 211 g/mol. The predicted octanol–water partition coefficient (Wildman–Crippen LogP) is 0.892. The van der Waals surface area contributed by atoms with Crippen molar-refractivity contribution in [3.63, 3.8) is 0 Å². The van der Waals surface area contributed by atoms with E-state index < -0.39 is 0 Å². The Bertz CT molecular complexity index is 203. The zero-order valence-electron chi connectivity index (χ0n) is 10.2. The lowest BCUT2D eigenvalue weighted by molar-refractivity contribution is 0.129. The van der Waals surface area contributed by atoms with E-state index in [-0.39, 0.29) is 0 Å². The normalized spacial score (nSPS) is 35.4. The Morgan fingerprint density at radius 3 is 2.60 bits per heavy atom. The lowest BCUT2D eigenvalue weighted by Crippen LogP contribution is -2.46. The molecule has 88 valence electrons. The first-order valence-corrected chi connectivity index (χ1v) is 6.38. The summed E-state index contributed by atoms with van der Waals surface area (Å²) >= 11 is 0. The van der Waals surface area contributed by atoms with Crippen LogP contribution in [0, 0.1) is 0 Å². The third-order valence-electron chi connectivity index (χ3n) is 3.85. The van der Waals surface area contributed by atoms with E-state index in [1.54, 1.807) is 0 Å². The minimum absolute atomic E-state index is 0.699. The van der Waals surface area contributed by atoms with Gasteiger partial charge in [-0.2, -0.15) is 0 Å². The molecule has 1 saturated carbocycles. The SMILES string of the molecule is CC1CCN(C)CC(CCN)N1C1CC1. The van der Waals surface area contributed by atoms with Crippen molar-refractivity contribution >= 4 is 0 Å². The lowest BCUT2D eigenvalue weighted by atomic mass is 10.1. The smallest absolute Gasteiger partial charge is 0.0240 e. The van der Waals surface area contributed by atoms with Gasteiger partial charge in [-0.1, -0.05) is 0 Å². The summed E-state index contributed by atoms with van der Waals surface area (Å²) < 4.78 is 0. The van der Waals surface area contributed by atoms with E-state index in [0.29, 0.717) is 6.04 Å². The van der Waals surface area contributed by atoms with Crippen molar-refractivity contribution in [3.8, 4) is 0 Å². The molecule has 1 aliphatic heterocycles. The summed E-state index contributed by atoms with van der Waals surface area (Å²) in [7, 11) is 2.24. The molecule has 0 spiro atoms. The molecule has 0 radical (unpaired) electrons. The van der Waals surface area contributed by atoms with E-state index in [2.05, 4.69) is 23.8 Å². The molecule has 1 heterocycles. The van der Waals surface area contributed by atoms with E-state index in [9.17, 15) is 0 Å². The summed E-state index contributed by atoms with van der Waals surface area (Å²) in [6.45, 7) is 5.67. The standard InChI is InChI=1S/C12H25N3/c1-10-6-8-14(2)9-12(5-7-13)15(10)11-3-4-11/h10-12H,3-9,13H2,1-2H3. The van der Waals surface area contributed by atoms with Crippen LogP contribution in [0.1, 0.15) is 32.6 Å². The van der Waals surface area contributed by atoms with E-state index in [1.807, 2.05) is 0 Å². The molecule has 15 heavy (non-hydrogen) atoms. The molecule has 0 amide bonds. The molecule has 0 bridgehead atoms. The van der Waals surface area contributed by atoms with Gasteiger partial charge in [0.05, 0.1) is 0 Å². The van der Waals surface area contributed by atoms with Gasteiger partial charge in [-0.3, -0.25) is 4.90 Å². The van der Waals surface area contributed by atoms with Crippen molar-refractivity contribution in [2.24, 2.45) is 5.73 Å². The fourth-order valence-corrected chi connectivity index (χ4v) is 2.92. The molecule has 2 fully saturated rings. The Balaban J connectivity index is 2.04. The summed E-state index contributed by atoms with van der Waals surface area (Å²) in [6.07, 6.45) is 5.30. The van der Waals surface area contributed by atoms with Crippen LogP contribution in [-0.2, 0) is 0 Å². The molecular weight excluding hydrogens is 186 g/mol. The van der Waals surface area contributed by atoms with Crippen LogP contribution in [0.3, 0.4) is 0 Å². The Labute approximate surface area is 93.6 Å². The van der Waals surface area contributed by atoms with Gasteiger partial charge in [0.2, 0.25) is 0 Å². The molecule has 2 N–H and O–H groups in total. The predicted molar refractivity (Wildman–Crippen MR) is 63.9 cm³/mol. The van der Waals surface area contributed by atoms with Crippen molar-refractivity contribution < 1.29 is 0 Å².